The van der Waals surface area contributed by atoms with Gasteiger partial charge in [-0.25, -0.2) is 0 Å². The standard InChI is InChI=1S/C17H18/c1-14-6-10-16(11-7-14)4-3-5-17-12-8-15(2)9-13-17/h6-13H,4-5H2,1-2H3. The second kappa shape index (κ2) is 5.67. The molecule has 0 aliphatic carbocycles. The monoisotopic (exact) mass is 222 g/mol. The number of rotatable bonds is 4. The van der Waals surface area contributed by atoms with E-state index < -0.39 is 0 Å². The molecule has 0 aliphatic heterocycles. The summed E-state index contributed by atoms with van der Waals surface area (Å²) in [6.07, 6.45) is 5.31. The molecule has 0 heterocycles. The molecule has 2 aromatic rings. The van der Waals surface area contributed by atoms with Crippen molar-refractivity contribution in [3.05, 3.63) is 77.2 Å². The smallest absolute Gasteiger partial charge is 0.00795 e. The molecule has 17 heavy (non-hydrogen) atoms. The van der Waals surface area contributed by atoms with Crippen molar-refractivity contribution in [1.29, 1.82) is 0 Å². The summed E-state index contributed by atoms with van der Waals surface area (Å²) in [6.45, 7) is 4.23. The first-order chi connectivity index (χ1) is 8.24. The minimum Gasteiger partial charge on any atom is -0.0591 e. The Bertz CT molecular complexity index is 403. The summed E-state index contributed by atoms with van der Waals surface area (Å²) in [4.78, 5) is 0. The Kier molecular flexibility index (Phi) is 3.98. The van der Waals surface area contributed by atoms with Gasteiger partial charge in [0.25, 0.3) is 0 Å². The number of hydrogen-bond donors (Lipinski definition) is 0. The zero-order valence-electron chi connectivity index (χ0n) is 10.5. The average Bonchev–Trinajstić information content (AvgIpc) is 2.34. The van der Waals surface area contributed by atoms with E-state index in [1.807, 2.05) is 0 Å². The first-order valence-corrected chi connectivity index (χ1v) is 6.06. The summed E-state index contributed by atoms with van der Waals surface area (Å²) >= 11 is 0. The largest absolute Gasteiger partial charge is 0.0591 e. The molecule has 2 aromatic carbocycles. The molecule has 0 fully saturated rings. The Morgan fingerprint density at radius 1 is 0.647 bits per heavy atom. The van der Waals surface area contributed by atoms with E-state index in [2.05, 4.69) is 68.8 Å². The van der Waals surface area contributed by atoms with Crippen molar-refractivity contribution < 1.29 is 0 Å². The minimum atomic E-state index is 0.925. The van der Waals surface area contributed by atoms with Crippen molar-refractivity contribution in [3.63, 3.8) is 0 Å². The Hall–Kier alpha value is -1.56. The zero-order chi connectivity index (χ0) is 12.1. The van der Waals surface area contributed by atoms with E-state index in [0.29, 0.717) is 0 Å². The van der Waals surface area contributed by atoms with Gasteiger partial charge in [-0.05, 0) is 44.2 Å². The Morgan fingerprint density at radius 2 is 1.00 bits per heavy atom. The van der Waals surface area contributed by atoms with E-state index >= 15 is 0 Å². The van der Waals surface area contributed by atoms with Crippen molar-refractivity contribution in [2.24, 2.45) is 0 Å². The Balaban J connectivity index is 1.83. The average molecular weight is 222 g/mol. The van der Waals surface area contributed by atoms with Gasteiger partial charge in [0.15, 0.2) is 0 Å². The fourth-order valence-corrected chi connectivity index (χ4v) is 1.76. The van der Waals surface area contributed by atoms with Gasteiger partial charge in [0, 0.05) is 0 Å². The molecule has 86 valence electrons. The quantitative estimate of drug-likeness (QED) is 0.728. The first-order valence-electron chi connectivity index (χ1n) is 6.06. The Morgan fingerprint density at radius 3 is 1.35 bits per heavy atom. The summed E-state index contributed by atoms with van der Waals surface area (Å²) in [5.41, 5.74) is 5.30. The van der Waals surface area contributed by atoms with Crippen LogP contribution in [0, 0.1) is 20.3 Å². The van der Waals surface area contributed by atoms with Crippen LogP contribution in [0.1, 0.15) is 22.3 Å². The molecule has 0 saturated heterocycles. The van der Waals surface area contributed by atoms with E-state index in [1.54, 1.807) is 0 Å². The van der Waals surface area contributed by atoms with Crippen LogP contribution in [0.4, 0.5) is 0 Å². The maximum absolute atomic E-state index is 3.46. The fourth-order valence-electron chi connectivity index (χ4n) is 1.76. The van der Waals surface area contributed by atoms with Crippen LogP contribution in [0.2, 0.25) is 0 Å². The third-order valence-electron chi connectivity index (χ3n) is 2.90. The highest BCUT2D eigenvalue weighted by molar-refractivity contribution is 5.25. The highest BCUT2D eigenvalue weighted by Gasteiger charge is 1.96. The fraction of sp³-hybridized carbons (Fsp3) is 0.235. The third-order valence-corrected chi connectivity index (χ3v) is 2.90. The van der Waals surface area contributed by atoms with Crippen LogP contribution in [0.3, 0.4) is 0 Å². The van der Waals surface area contributed by atoms with Crippen LogP contribution < -0.4 is 0 Å². The lowest BCUT2D eigenvalue weighted by Crippen LogP contribution is -1.91. The SMILES string of the molecule is Cc1ccc(C[C]Cc2ccc(C)cc2)cc1. The maximum atomic E-state index is 3.46. The summed E-state index contributed by atoms with van der Waals surface area (Å²) in [7, 11) is 0. The molecule has 0 heteroatoms. The second-order valence-corrected chi connectivity index (χ2v) is 4.57. The number of hydrogen-bond acceptors (Lipinski definition) is 0. The van der Waals surface area contributed by atoms with Crippen molar-refractivity contribution in [1.82, 2.24) is 0 Å². The molecule has 0 aromatic heterocycles. The first kappa shape index (κ1) is 11.9. The van der Waals surface area contributed by atoms with Gasteiger partial charge in [-0.2, -0.15) is 0 Å². The van der Waals surface area contributed by atoms with Crippen LogP contribution in [0.15, 0.2) is 48.5 Å². The molecular weight excluding hydrogens is 204 g/mol. The molecule has 2 rings (SSSR count). The zero-order valence-corrected chi connectivity index (χ0v) is 10.5. The summed E-state index contributed by atoms with van der Waals surface area (Å²) in [5.74, 6) is 0. The van der Waals surface area contributed by atoms with E-state index in [1.165, 1.54) is 22.3 Å². The van der Waals surface area contributed by atoms with Gasteiger partial charge in [-0.1, -0.05) is 59.7 Å². The van der Waals surface area contributed by atoms with Crippen molar-refractivity contribution in [3.8, 4) is 0 Å². The lowest BCUT2D eigenvalue weighted by Gasteiger charge is -2.03. The van der Waals surface area contributed by atoms with Crippen LogP contribution in [0.25, 0.3) is 0 Å². The van der Waals surface area contributed by atoms with Crippen molar-refractivity contribution in [2.75, 3.05) is 0 Å². The molecule has 0 saturated carbocycles. The van der Waals surface area contributed by atoms with Gasteiger partial charge < -0.3 is 0 Å². The molecule has 0 spiro atoms. The molecule has 0 unspecified atom stereocenters. The van der Waals surface area contributed by atoms with Gasteiger partial charge in [-0.15, -0.1) is 0 Å². The van der Waals surface area contributed by atoms with Crippen molar-refractivity contribution in [2.45, 2.75) is 26.7 Å². The van der Waals surface area contributed by atoms with E-state index in [0.717, 1.165) is 12.8 Å². The lowest BCUT2D eigenvalue weighted by molar-refractivity contribution is 1.03. The Labute approximate surface area is 104 Å². The van der Waals surface area contributed by atoms with E-state index in [4.69, 9.17) is 0 Å². The van der Waals surface area contributed by atoms with Crippen LogP contribution >= 0.6 is 0 Å². The normalized spacial score (nSPS) is 10.5. The summed E-state index contributed by atoms with van der Waals surface area (Å²) in [5, 5.41) is 0. The molecule has 0 N–H and O–H groups in total. The summed E-state index contributed by atoms with van der Waals surface area (Å²) < 4.78 is 0. The van der Waals surface area contributed by atoms with Crippen LogP contribution in [-0.4, -0.2) is 0 Å². The van der Waals surface area contributed by atoms with Crippen molar-refractivity contribution >= 4 is 0 Å². The lowest BCUT2D eigenvalue weighted by atomic mass is 10.0. The van der Waals surface area contributed by atoms with Gasteiger partial charge >= 0.3 is 0 Å². The van der Waals surface area contributed by atoms with Crippen LogP contribution in [-0.2, 0) is 12.8 Å². The molecule has 2 radical (unpaired) electrons. The molecule has 0 bridgehead atoms. The molecule has 0 atom stereocenters. The maximum Gasteiger partial charge on any atom is -0.00795 e. The van der Waals surface area contributed by atoms with Crippen LogP contribution in [0.5, 0.6) is 0 Å². The number of benzene rings is 2. The predicted molar refractivity (Wildman–Crippen MR) is 73.0 cm³/mol. The second-order valence-electron chi connectivity index (χ2n) is 4.57. The van der Waals surface area contributed by atoms with Gasteiger partial charge in [0.05, 0.1) is 0 Å². The predicted octanol–water partition coefficient (Wildman–Crippen LogP) is 4.17. The molecule has 0 amide bonds. The number of aryl methyl sites for hydroxylation is 2. The van der Waals surface area contributed by atoms with Gasteiger partial charge in [-0.3, -0.25) is 0 Å². The minimum absolute atomic E-state index is 0.925. The van der Waals surface area contributed by atoms with Gasteiger partial charge in [0.2, 0.25) is 0 Å². The highest BCUT2D eigenvalue weighted by Crippen LogP contribution is 2.09. The third kappa shape index (κ3) is 3.74. The molecule has 0 aliphatic rings. The summed E-state index contributed by atoms with van der Waals surface area (Å²) in [6, 6.07) is 17.3. The molecular formula is C17H18. The van der Waals surface area contributed by atoms with E-state index in [-0.39, 0.29) is 0 Å². The highest BCUT2D eigenvalue weighted by atomic mass is 14.0. The topological polar surface area (TPSA) is 0 Å². The van der Waals surface area contributed by atoms with E-state index in [9.17, 15) is 0 Å². The molecule has 0 nitrogen and oxygen atoms in total. The van der Waals surface area contributed by atoms with Gasteiger partial charge in [0.1, 0.15) is 0 Å².